The summed E-state index contributed by atoms with van der Waals surface area (Å²) in [5.41, 5.74) is 5.42. The second-order valence-corrected chi connectivity index (χ2v) is 6.17. The Morgan fingerprint density at radius 1 is 0.857 bits per heavy atom. The number of rotatable bonds is 0. The Labute approximate surface area is 128 Å². The number of nitrogens with one attached hydrogen (secondary N) is 2. The molecule has 2 N–H and O–H groups in total. The molecule has 3 heterocycles. The van der Waals surface area contributed by atoms with Crippen molar-refractivity contribution in [2.45, 2.75) is 0 Å². The highest BCUT2D eigenvalue weighted by Crippen LogP contribution is 2.34. The maximum Gasteiger partial charge on any atom is 0.0965 e. The molecule has 0 atom stereocenters. The van der Waals surface area contributed by atoms with Gasteiger partial charge in [-0.3, -0.25) is 4.98 Å². The van der Waals surface area contributed by atoms with Crippen LogP contribution in [0.4, 0.5) is 0 Å². The summed E-state index contributed by atoms with van der Waals surface area (Å²) in [6.07, 6.45) is 1.92. The van der Waals surface area contributed by atoms with E-state index in [1.165, 1.54) is 10.8 Å². The molecule has 4 heteroatoms. The third-order valence-corrected chi connectivity index (χ3v) is 4.53. The van der Waals surface area contributed by atoms with Crippen molar-refractivity contribution in [2.24, 2.45) is 0 Å². The maximum atomic E-state index is 4.64. The minimum atomic E-state index is 1.02. The Balaban J connectivity index is 2.10. The summed E-state index contributed by atoms with van der Waals surface area (Å²) in [7, 11) is 0. The smallest absolute Gasteiger partial charge is 0.0965 e. The summed E-state index contributed by atoms with van der Waals surface area (Å²) in [6, 6.07) is 14.6. The van der Waals surface area contributed by atoms with Crippen molar-refractivity contribution in [1.82, 2.24) is 15.0 Å². The van der Waals surface area contributed by atoms with Crippen LogP contribution in [0.2, 0.25) is 0 Å². The van der Waals surface area contributed by atoms with Gasteiger partial charge in [0.15, 0.2) is 0 Å². The lowest BCUT2D eigenvalue weighted by Crippen LogP contribution is -1.76. The predicted molar refractivity (Wildman–Crippen MR) is 90.7 cm³/mol. The van der Waals surface area contributed by atoms with Gasteiger partial charge in [0.2, 0.25) is 0 Å². The Bertz CT molecular complexity index is 1150. The molecule has 0 fully saturated rings. The second-order valence-electron chi connectivity index (χ2n) is 5.26. The number of pyridine rings is 1. The van der Waals surface area contributed by atoms with E-state index in [0.717, 1.165) is 37.4 Å². The Kier molecular flexibility index (Phi) is 2.08. The largest absolute Gasteiger partial charge is 0.353 e. The molecule has 0 aliphatic carbocycles. The van der Waals surface area contributed by atoms with Gasteiger partial charge in [-0.25, -0.2) is 0 Å². The minimum absolute atomic E-state index is 1.02. The van der Waals surface area contributed by atoms with Gasteiger partial charge in [0.1, 0.15) is 0 Å². The van der Waals surface area contributed by atoms with Gasteiger partial charge in [-0.1, -0.05) is 34.1 Å². The van der Waals surface area contributed by atoms with Gasteiger partial charge in [0.05, 0.1) is 22.7 Å². The SMILES string of the molecule is Brc1ccc2c(c1)[nH]c1c2ncc2[nH]c3ccccc3c21. The molecule has 0 radical (unpaired) electrons. The molecule has 0 saturated carbocycles. The van der Waals surface area contributed by atoms with Gasteiger partial charge in [-0.2, -0.15) is 0 Å². The first-order valence-electron chi connectivity index (χ1n) is 6.77. The topological polar surface area (TPSA) is 44.5 Å². The van der Waals surface area contributed by atoms with Crippen LogP contribution in [0, 0.1) is 0 Å². The number of nitrogens with zero attached hydrogens (tertiary/aromatic N) is 1. The summed E-state index contributed by atoms with van der Waals surface area (Å²) in [6.45, 7) is 0. The molecule has 0 aliphatic rings. The second kappa shape index (κ2) is 3.86. The fourth-order valence-corrected chi connectivity index (χ4v) is 3.49. The molecule has 0 bridgehead atoms. The molecule has 21 heavy (non-hydrogen) atoms. The highest BCUT2D eigenvalue weighted by atomic mass is 79.9. The van der Waals surface area contributed by atoms with E-state index in [9.17, 15) is 0 Å². The van der Waals surface area contributed by atoms with E-state index >= 15 is 0 Å². The Morgan fingerprint density at radius 3 is 2.71 bits per heavy atom. The number of benzene rings is 2. The first kappa shape index (κ1) is 11.3. The lowest BCUT2D eigenvalue weighted by Gasteiger charge is -1.94. The molecule has 0 unspecified atom stereocenters. The molecule has 100 valence electrons. The molecule has 2 aromatic carbocycles. The fraction of sp³-hybridized carbons (Fsp3) is 0. The van der Waals surface area contributed by atoms with E-state index in [4.69, 9.17) is 0 Å². The number of fused-ring (bicyclic) bond motifs is 7. The highest BCUT2D eigenvalue weighted by molar-refractivity contribution is 9.10. The van der Waals surface area contributed by atoms with Crippen LogP contribution in [0.15, 0.2) is 53.1 Å². The highest BCUT2D eigenvalue weighted by Gasteiger charge is 2.13. The lowest BCUT2D eigenvalue weighted by molar-refractivity contribution is 1.42. The molecule has 0 aliphatic heterocycles. The average Bonchev–Trinajstić information content (AvgIpc) is 3.03. The quantitative estimate of drug-likeness (QED) is 0.405. The van der Waals surface area contributed by atoms with E-state index in [1.54, 1.807) is 0 Å². The zero-order valence-electron chi connectivity index (χ0n) is 10.9. The van der Waals surface area contributed by atoms with Crippen LogP contribution in [0.1, 0.15) is 0 Å². The van der Waals surface area contributed by atoms with Crippen LogP contribution in [0.5, 0.6) is 0 Å². The summed E-state index contributed by atoms with van der Waals surface area (Å²) in [5, 5.41) is 3.59. The number of aromatic nitrogens is 3. The van der Waals surface area contributed by atoms with E-state index in [-0.39, 0.29) is 0 Å². The van der Waals surface area contributed by atoms with Crippen molar-refractivity contribution in [1.29, 1.82) is 0 Å². The summed E-state index contributed by atoms with van der Waals surface area (Å²) < 4.78 is 1.07. The lowest BCUT2D eigenvalue weighted by atomic mass is 10.1. The summed E-state index contributed by atoms with van der Waals surface area (Å²) >= 11 is 3.53. The van der Waals surface area contributed by atoms with E-state index < -0.39 is 0 Å². The third-order valence-electron chi connectivity index (χ3n) is 4.04. The standard InChI is InChI=1S/C17H10BrN3/c18-9-5-6-11-13(7-9)21-17-15-10-3-1-2-4-12(10)20-14(15)8-19-16(11)17/h1-8,20-21H. The maximum absolute atomic E-state index is 4.64. The van der Waals surface area contributed by atoms with Gasteiger partial charge in [-0.05, 0) is 24.3 Å². The summed E-state index contributed by atoms with van der Waals surface area (Å²) in [5.74, 6) is 0. The molecule has 5 aromatic rings. The number of H-pyrrole nitrogens is 2. The van der Waals surface area contributed by atoms with Gasteiger partial charge >= 0.3 is 0 Å². The number of para-hydroxylation sites is 1. The van der Waals surface area contributed by atoms with Crippen molar-refractivity contribution in [2.75, 3.05) is 0 Å². The molecule has 5 rings (SSSR count). The molecule has 0 spiro atoms. The van der Waals surface area contributed by atoms with Crippen molar-refractivity contribution in [3.8, 4) is 0 Å². The van der Waals surface area contributed by atoms with Crippen molar-refractivity contribution >= 4 is 59.7 Å². The molecular formula is C17H10BrN3. The van der Waals surface area contributed by atoms with Gasteiger partial charge in [0.25, 0.3) is 0 Å². The van der Waals surface area contributed by atoms with E-state index in [1.807, 2.05) is 12.3 Å². The molecule has 0 amide bonds. The van der Waals surface area contributed by atoms with Gasteiger partial charge in [-0.15, -0.1) is 0 Å². The average molecular weight is 336 g/mol. The molecule has 3 aromatic heterocycles. The minimum Gasteiger partial charge on any atom is -0.353 e. The van der Waals surface area contributed by atoms with E-state index in [2.05, 4.69) is 67.3 Å². The van der Waals surface area contributed by atoms with Crippen LogP contribution >= 0.6 is 15.9 Å². The monoisotopic (exact) mass is 335 g/mol. The predicted octanol–water partition coefficient (Wildman–Crippen LogP) is 5.11. The van der Waals surface area contributed by atoms with Crippen LogP contribution in [0.3, 0.4) is 0 Å². The van der Waals surface area contributed by atoms with Crippen molar-refractivity contribution in [3.63, 3.8) is 0 Å². The van der Waals surface area contributed by atoms with Crippen molar-refractivity contribution in [3.05, 3.63) is 53.1 Å². The van der Waals surface area contributed by atoms with Crippen LogP contribution in [0.25, 0.3) is 43.7 Å². The van der Waals surface area contributed by atoms with Crippen molar-refractivity contribution < 1.29 is 0 Å². The number of hydrogen-bond donors (Lipinski definition) is 2. The molecule has 0 saturated heterocycles. The molecule has 3 nitrogen and oxygen atoms in total. The zero-order valence-corrected chi connectivity index (χ0v) is 12.5. The van der Waals surface area contributed by atoms with Gasteiger partial charge < -0.3 is 9.97 Å². The van der Waals surface area contributed by atoms with E-state index in [0.29, 0.717) is 0 Å². The number of halogens is 1. The third kappa shape index (κ3) is 1.45. The fourth-order valence-electron chi connectivity index (χ4n) is 3.13. The Hall–Kier alpha value is -2.33. The number of aromatic amines is 2. The van der Waals surface area contributed by atoms with Crippen LogP contribution in [-0.2, 0) is 0 Å². The normalized spacial score (nSPS) is 12.0. The Morgan fingerprint density at radius 2 is 1.76 bits per heavy atom. The first-order chi connectivity index (χ1) is 10.3. The summed E-state index contributed by atoms with van der Waals surface area (Å²) in [4.78, 5) is 11.6. The van der Waals surface area contributed by atoms with Crippen LogP contribution < -0.4 is 0 Å². The first-order valence-corrected chi connectivity index (χ1v) is 7.57. The molecular weight excluding hydrogens is 326 g/mol. The van der Waals surface area contributed by atoms with Crippen LogP contribution in [-0.4, -0.2) is 15.0 Å². The zero-order chi connectivity index (χ0) is 14.0. The van der Waals surface area contributed by atoms with Gasteiger partial charge in [0, 0.05) is 31.7 Å². The number of hydrogen-bond acceptors (Lipinski definition) is 1.